The number of nitrogens with zero attached hydrogens (tertiary/aromatic N) is 2. The summed E-state index contributed by atoms with van der Waals surface area (Å²) in [7, 11) is 4.38. The Morgan fingerprint density at radius 1 is 1.00 bits per heavy atom. The third-order valence-corrected chi connectivity index (χ3v) is 7.71. The summed E-state index contributed by atoms with van der Waals surface area (Å²) >= 11 is 1.19. The van der Waals surface area contributed by atoms with Gasteiger partial charge in [0.25, 0.3) is 5.56 Å². The van der Waals surface area contributed by atoms with Gasteiger partial charge >= 0.3 is 11.9 Å². The van der Waals surface area contributed by atoms with Crippen molar-refractivity contribution in [1.29, 1.82) is 0 Å². The summed E-state index contributed by atoms with van der Waals surface area (Å²) in [4.78, 5) is 43.8. The molecule has 5 rings (SSSR count). The van der Waals surface area contributed by atoms with Gasteiger partial charge in [-0.05, 0) is 55.8 Å². The Labute approximate surface area is 244 Å². The Morgan fingerprint density at radius 2 is 1.74 bits per heavy atom. The molecule has 3 heterocycles. The van der Waals surface area contributed by atoms with E-state index in [1.54, 1.807) is 74.5 Å². The van der Waals surface area contributed by atoms with Crippen LogP contribution in [0.15, 0.2) is 80.1 Å². The molecule has 2 aromatic carbocycles. The fourth-order valence-electron chi connectivity index (χ4n) is 4.73. The van der Waals surface area contributed by atoms with Crippen molar-refractivity contribution < 1.29 is 33.0 Å². The summed E-state index contributed by atoms with van der Waals surface area (Å²) in [5.41, 5.74) is 2.19. The van der Waals surface area contributed by atoms with Crippen LogP contribution in [0.2, 0.25) is 0 Å². The Bertz CT molecular complexity index is 1880. The quantitative estimate of drug-likeness (QED) is 0.285. The van der Waals surface area contributed by atoms with Gasteiger partial charge in [-0.25, -0.2) is 14.6 Å². The molecule has 11 heteroatoms. The number of benzene rings is 2. The summed E-state index contributed by atoms with van der Waals surface area (Å²) in [6.45, 7) is 3.62. The maximum atomic E-state index is 13.9. The maximum Gasteiger partial charge on any atom is 0.338 e. The van der Waals surface area contributed by atoms with Gasteiger partial charge in [0.15, 0.2) is 16.3 Å². The second kappa shape index (κ2) is 11.9. The molecule has 0 amide bonds. The van der Waals surface area contributed by atoms with E-state index in [1.165, 1.54) is 37.2 Å². The van der Waals surface area contributed by atoms with E-state index in [0.717, 1.165) is 5.56 Å². The molecule has 0 aliphatic carbocycles. The molecule has 10 nitrogen and oxygen atoms in total. The van der Waals surface area contributed by atoms with Gasteiger partial charge in [0, 0.05) is 11.6 Å². The molecule has 42 heavy (non-hydrogen) atoms. The zero-order valence-electron chi connectivity index (χ0n) is 23.6. The number of carbonyl (C=O) groups excluding carboxylic acids is 2. The van der Waals surface area contributed by atoms with E-state index < -0.39 is 18.0 Å². The highest BCUT2D eigenvalue weighted by Crippen LogP contribution is 2.36. The number of fused-ring (bicyclic) bond motifs is 1. The minimum atomic E-state index is -0.803. The average molecular weight is 589 g/mol. The highest BCUT2D eigenvalue weighted by atomic mass is 32.1. The lowest BCUT2D eigenvalue weighted by Gasteiger charge is -2.25. The first-order valence-electron chi connectivity index (χ1n) is 13.0. The van der Waals surface area contributed by atoms with Gasteiger partial charge in [-0.15, -0.1) is 0 Å². The molecule has 216 valence electrons. The fraction of sp³-hybridized carbons (Fsp3) is 0.226. The number of methoxy groups -OCH3 is 3. The van der Waals surface area contributed by atoms with Crippen molar-refractivity contribution in [3.05, 3.63) is 102 Å². The summed E-state index contributed by atoms with van der Waals surface area (Å²) in [6, 6.07) is 14.8. The third kappa shape index (κ3) is 5.26. The summed E-state index contributed by atoms with van der Waals surface area (Å²) in [6.07, 6.45) is 1.64. The summed E-state index contributed by atoms with van der Waals surface area (Å²) < 4.78 is 28.9. The highest BCUT2D eigenvalue weighted by Gasteiger charge is 2.34. The van der Waals surface area contributed by atoms with E-state index in [2.05, 4.69) is 4.99 Å². The smallest absolute Gasteiger partial charge is 0.338 e. The normalized spacial score (nSPS) is 14.7. The van der Waals surface area contributed by atoms with Gasteiger partial charge in [-0.1, -0.05) is 29.5 Å². The third-order valence-electron chi connectivity index (χ3n) is 6.73. The zero-order chi connectivity index (χ0) is 30.0. The Kier molecular flexibility index (Phi) is 8.12. The molecule has 2 aromatic heterocycles. The van der Waals surface area contributed by atoms with Crippen molar-refractivity contribution in [1.82, 2.24) is 4.57 Å². The molecule has 0 spiro atoms. The molecule has 0 saturated heterocycles. The number of ether oxygens (including phenoxy) is 4. The number of aromatic nitrogens is 1. The number of thiazole rings is 1. The minimum absolute atomic E-state index is 0.172. The van der Waals surface area contributed by atoms with Crippen molar-refractivity contribution in [3.8, 4) is 22.8 Å². The van der Waals surface area contributed by atoms with Crippen molar-refractivity contribution in [3.63, 3.8) is 0 Å². The number of hydrogen-bond donors (Lipinski definition) is 0. The first-order chi connectivity index (χ1) is 20.3. The van der Waals surface area contributed by atoms with Gasteiger partial charge in [0.05, 0.1) is 55.3 Å². The van der Waals surface area contributed by atoms with Crippen LogP contribution in [0.5, 0.6) is 11.5 Å². The molecule has 1 aliphatic heterocycles. The summed E-state index contributed by atoms with van der Waals surface area (Å²) in [5.74, 6) is 1.01. The molecule has 0 fully saturated rings. The largest absolute Gasteiger partial charge is 0.493 e. The molecule has 4 aromatic rings. The lowest BCUT2D eigenvalue weighted by molar-refractivity contribution is -0.139. The Balaban J connectivity index is 1.60. The van der Waals surface area contributed by atoms with Crippen molar-refractivity contribution in [2.75, 3.05) is 27.9 Å². The number of hydrogen-bond acceptors (Lipinski definition) is 10. The van der Waals surface area contributed by atoms with Gasteiger partial charge in [0.2, 0.25) is 0 Å². The monoisotopic (exact) mass is 588 g/mol. The van der Waals surface area contributed by atoms with Gasteiger partial charge in [-0.2, -0.15) is 0 Å². The molecular formula is C31H28N2O8S. The molecule has 0 saturated carbocycles. The van der Waals surface area contributed by atoms with Crippen LogP contribution in [0.25, 0.3) is 17.4 Å². The predicted octanol–water partition coefficient (Wildman–Crippen LogP) is 3.86. The van der Waals surface area contributed by atoms with Crippen molar-refractivity contribution in [2.45, 2.75) is 19.9 Å². The van der Waals surface area contributed by atoms with Crippen molar-refractivity contribution in [2.24, 2.45) is 4.99 Å². The van der Waals surface area contributed by atoms with Gasteiger partial charge < -0.3 is 23.4 Å². The standard InChI is InChI=1S/C31H28N2O8S/c1-6-40-30(36)26-17(2)32-31-33(27(26)20-11-13-23(37-3)24(15-20)38-4)28(34)25(42-31)16-21-12-14-22(41-21)18-7-9-19(10-8-18)29(35)39-5/h7-16,27H,6H2,1-5H3/b25-16-/t27-/m1/s1. The van der Waals surface area contributed by atoms with E-state index in [1.807, 2.05) is 0 Å². The second-order valence-corrected chi connectivity index (χ2v) is 10.2. The predicted molar refractivity (Wildman–Crippen MR) is 155 cm³/mol. The Morgan fingerprint density at radius 3 is 2.40 bits per heavy atom. The van der Waals surface area contributed by atoms with E-state index in [-0.39, 0.29) is 17.7 Å². The van der Waals surface area contributed by atoms with Crippen LogP contribution in [0.4, 0.5) is 0 Å². The topological polar surface area (TPSA) is 119 Å². The number of allylic oxidation sites excluding steroid dienone is 1. The van der Waals surface area contributed by atoms with Crippen LogP contribution < -0.4 is 24.4 Å². The first-order valence-corrected chi connectivity index (χ1v) is 13.8. The van der Waals surface area contributed by atoms with E-state index in [0.29, 0.717) is 49.2 Å². The fourth-order valence-corrected chi connectivity index (χ4v) is 5.76. The van der Waals surface area contributed by atoms with Crippen LogP contribution in [-0.2, 0) is 14.3 Å². The van der Waals surface area contributed by atoms with E-state index in [9.17, 15) is 14.4 Å². The second-order valence-electron chi connectivity index (χ2n) is 9.19. The van der Waals surface area contributed by atoms with Crippen molar-refractivity contribution >= 4 is 29.4 Å². The Hall–Kier alpha value is -4.90. The van der Waals surface area contributed by atoms with E-state index >= 15 is 0 Å². The van der Waals surface area contributed by atoms with E-state index in [4.69, 9.17) is 23.4 Å². The zero-order valence-corrected chi connectivity index (χ0v) is 24.4. The summed E-state index contributed by atoms with van der Waals surface area (Å²) in [5, 5.41) is 0. The van der Waals surface area contributed by atoms with Crippen LogP contribution in [0, 0.1) is 0 Å². The van der Waals surface area contributed by atoms with Gasteiger partial charge in [0.1, 0.15) is 11.5 Å². The van der Waals surface area contributed by atoms with Crippen LogP contribution in [-0.4, -0.2) is 44.4 Å². The average Bonchev–Trinajstić information content (AvgIpc) is 3.59. The number of esters is 2. The lowest BCUT2D eigenvalue weighted by Crippen LogP contribution is -2.39. The SMILES string of the molecule is CCOC(=O)C1=C(C)N=c2s/c(=C\c3ccc(-c4ccc(C(=O)OC)cc4)o3)c(=O)n2[C@@H]1c1ccc(OC)c(OC)c1. The van der Waals surface area contributed by atoms with Crippen LogP contribution >= 0.6 is 11.3 Å². The lowest BCUT2D eigenvalue weighted by atomic mass is 9.95. The van der Waals surface area contributed by atoms with Crippen LogP contribution in [0.1, 0.15) is 41.6 Å². The molecule has 0 radical (unpaired) electrons. The van der Waals surface area contributed by atoms with Gasteiger partial charge in [-0.3, -0.25) is 9.36 Å². The molecule has 1 atom stereocenters. The minimum Gasteiger partial charge on any atom is -0.493 e. The molecule has 1 aliphatic rings. The molecule has 0 unspecified atom stereocenters. The van der Waals surface area contributed by atoms with Crippen LogP contribution in [0.3, 0.4) is 0 Å². The first kappa shape index (κ1) is 28.6. The maximum absolute atomic E-state index is 13.9. The molecule has 0 N–H and O–H groups in total. The number of furan rings is 1. The molecular weight excluding hydrogens is 560 g/mol. The molecule has 0 bridgehead atoms. The number of rotatable bonds is 8. The highest BCUT2D eigenvalue weighted by molar-refractivity contribution is 7.07. The number of carbonyl (C=O) groups is 2.